The van der Waals surface area contributed by atoms with E-state index in [0.717, 1.165) is 24.2 Å². The minimum Gasteiger partial charge on any atom is -0.391 e. The lowest BCUT2D eigenvalue weighted by molar-refractivity contribution is -1.03. The van der Waals surface area contributed by atoms with Crippen LogP contribution in [-0.4, -0.2) is 63.6 Å². The lowest BCUT2D eigenvalue weighted by atomic mass is 10.0. The van der Waals surface area contributed by atoms with Crippen molar-refractivity contribution in [3.63, 3.8) is 0 Å². The molecule has 3 rings (SSSR count). The second-order valence-corrected chi connectivity index (χ2v) is 7.65. The first-order valence-corrected chi connectivity index (χ1v) is 9.49. The molecule has 0 bridgehead atoms. The van der Waals surface area contributed by atoms with Crippen molar-refractivity contribution < 1.29 is 19.8 Å². The largest absolute Gasteiger partial charge is 0.391 e. The number of aliphatic hydroxyl groups excluding tert-OH is 1. The Balaban J connectivity index is 1.42. The first-order chi connectivity index (χ1) is 11.2. The highest BCUT2D eigenvalue weighted by molar-refractivity contribution is 6.30. The summed E-state index contributed by atoms with van der Waals surface area (Å²) >= 11 is 6.09. The summed E-state index contributed by atoms with van der Waals surface area (Å²) in [6.07, 6.45) is 2.70. The molecule has 128 valence electrons. The monoisotopic (exact) mass is 340 g/mol. The molecule has 0 spiro atoms. The molecule has 4 nitrogen and oxygen atoms in total. The SMILES string of the molecule is OCC[NH+]1CC[NH+](C2CC[NH+](Cc3cccc(Cl)c3)CC2)CC1. The summed E-state index contributed by atoms with van der Waals surface area (Å²) < 4.78 is 0. The van der Waals surface area contributed by atoms with Crippen molar-refractivity contribution in [3.8, 4) is 0 Å². The number of benzene rings is 1. The van der Waals surface area contributed by atoms with Gasteiger partial charge < -0.3 is 19.8 Å². The van der Waals surface area contributed by atoms with E-state index in [1.54, 1.807) is 9.80 Å². The lowest BCUT2D eigenvalue weighted by Gasteiger charge is -2.37. The number of aliphatic hydroxyl groups is 1. The Bertz CT molecular complexity index is 483. The van der Waals surface area contributed by atoms with Gasteiger partial charge in [-0.25, -0.2) is 0 Å². The topological polar surface area (TPSA) is 33.6 Å². The summed E-state index contributed by atoms with van der Waals surface area (Å²) in [6, 6.07) is 9.17. The van der Waals surface area contributed by atoms with Crippen LogP contribution in [0, 0.1) is 0 Å². The van der Waals surface area contributed by atoms with Crippen molar-refractivity contribution in [1.82, 2.24) is 0 Å². The molecule has 0 atom stereocenters. The molecule has 0 radical (unpaired) electrons. The molecule has 2 saturated heterocycles. The standard InChI is InChI=1S/C18H28ClN3O/c19-17-3-1-2-16(14-17)15-21-6-4-18(5-7-21)22-10-8-20(9-11-22)12-13-23/h1-3,14,18,23H,4-13,15H2/p+3. The van der Waals surface area contributed by atoms with E-state index in [2.05, 4.69) is 18.2 Å². The Morgan fingerprint density at radius 1 is 1.00 bits per heavy atom. The molecule has 1 aromatic carbocycles. The molecule has 0 amide bonds. The molecule has 0 aliphatic carbocycles. The smallest absolute Gasteiger partial charge is 0.127 e. The minimum atomic E-state index is 0.329. The number of piperazine rings is 1. The highest BCUT2D eigenvalue weighted by atomic mass is 35.5. The molecule has 0 unspecified atom stereocenters. The summed E-state index contributed by atoms with van der Waals surface area (Å²) in [5, 5.41) is 9.91. The van der Waals surface area contributed by atoms with Crippen LogP contribution in [-0.2, 0) is 6.54 Å². The van der Waals surface area contributed by atoms with Crippen molar-refractivity contribution >= 4 is 11.6 Å². The van der Waals surface area contributed by atoms with E-state index < -0.39 is 0 Å². The lowest BCUT2D eigenvalue weighted by Crippen LogP contribution is -3.30. The molecule has 0 saturated carbocycles. The van der Waals surface area contributed by atoms with Crippen molar-refractivity contribution in [2.45, 2.75) is 25.4 Å². The van der Waals surface area contributed by atoms with Gasteiger partial charge in [-0.2, -0.15) is 0 Å². The summed E-state index contributed by atoms with van der Waals surface area (Å²) in [5.74, 6) is 0. The van der Waals surface area contributed by atoms with Gasteiger partial charge in [-0.3, -0.25) is 0 Å². The second kappa shape index (κ2) is 8.45. The molecule has 2 aliphatic heterocycles. The van der Waals surface area contributed by atoms with Gasteiger partial charge in [-0.1, -0.05) is 23.7 Å². The van der Waals surface area contributed by atoms with Crippen LogP contribution in [0.4, 0.5) is 0 Å². The van der Waals surface area contributed by atoms with Crippen LogP contribution in [0.5, 0.6) is 0 Å². The number of piperidine rings is 1. The quantitative estimate of drug-likeness (QED) is 0.476. The highest BCUT2D eigenvalue weighted by Crippen LogP contribution is 2.09. The second-order valence-electron chi connectivity index (χ2n) is 7.21. The van der Waals surface area contributed by atoms with E-state index in [-0.39, 0.29) is 0 Å². The highest BCUT2D eigenvalue weighted by Gasteiger charge is 2.33. The van der Waals surface area contributed by atoms with Gasteiger partial charge in [0.2, 0.25) is 0 Å². The van der Waals surface area contributed by atoms with Gasteiger partial charge in [-0.15, -0.1) is 0 Å². The summed E-state index contributed by atoms with van der Waals surface area (Å²) in [5.41, 5.74) is 1.36. The van der Waals surface area contributed by atoms with Gasteiger partial charge in [0.25, 0.3) is 0 Å². The zero-order valence-corrected chi connectivity index (χ0v) is 14.7. The van der Waals surface area contributed by atoms with E-state index in [4.69, 9.17) is 16.7 Å². The molecular formula is C18H31ClN3O+3. The Kier molecular flexibility index (Phi) is 6.31. The Morgan fingerprint density at radius 2 is 1.74 bits per heavy atom. The van der Waals surface area contributed by atoms with Crippen LogP contribution >= 0.6 is 11.6 Å². The van der Waals surface area contributed by atoms with Crippen molar-refractivity contribution in [2.24, 2.45) is 0 Å². The normalized spacial score (nSPS) is 31.9. The maximum Gasteiger partial charge on any atom is 0.127 e. The first-order valence-electron chi connectivity index (χ1n) is 9.11. The third-order valence-electron chi connectivity index (χ3n) is 5.68. The van der Waals surface area contributed by atoms with E-state index in [1.165, 1.54) is 57.7 Å². The number of hydrogen-bond acceptors (Lipinski definition) is 1. The fourth-order valence-electron chi connectivity index (χ4n) is 4.29. The van der Waals surface area contributed by atoms with Crippen molar-refractivity contribution in [2.75, 3.05) is 52.4 Å². The van der Waals surface area contributed by atoms with Gasteiger partial charge in [-0.05, 0) is 12.1 Å². The predicted molar refractivity (Wildman–Crippen MR) is 92.2 cm³/mol. The number of quaternary nitrogens is 3. The number of halogens is 1. The summed E-state index contributed by atoms with van der Waals surface area (Å²) in [4.78, 5) is 5.10. The molecule has 2 aliphatic rings. The van der Waals surface area contributed by atoms with Crippen molar-refractivity contribution in [3.05, 3.63) is 34.9 Å². The maximum absolute atomic E-state index is 9.06. The third kappa shape index (κ3) is 4.91. The van der Waals surface area contributed by atoms with E-state index >= 15 is 0 Å². The fourth-order valence-corrected chi connectivity index (χ4v) is 4.50. The number of hydrogen-bond donors (Lipinski definition) is 4. The van der Waals surface area contributed by atoms with E-state index in [9.17, 15) is 0 Å². The number of rotatable bonds is 5. The Hall–Kier alpha value is -0.650. The van der Waals surface area contributed by atoms with E-state index in [1.807, 2.05) is 11.0 Å². The van der Waals surface area contributed by atoms with Crippen LogP contribution in [0.25, 0.3) is 0 Å². The third-order valence-corrected chi connectivity index (χ3v) is 5.91. The predicted octanol–water partition coefficient (Wildman–Crippen LogP) is -2.34. The first kappa shape index (κ1) is 17.2. The fraction of sp³-hybridized carbons (Fsp3) is 0.667. The molecule has 4 N–H and O–H groups in total. The molecular weight excluding hydrogens is 310 g/mol. The Labute approximate surface area is 144 Å². The molecule has 2 heterocycles. The number of nitrogens with one attached hydrogen (secondary N) is 3. The van der Waals surface area contributed by atoms with Crippen LogP contribution in [0.1, 0.15) is 18.4 Å². The molecule has 1 aromatic rings. The zero-order valence-electron chi connectivity index (χ0n) is 14.0. The maximum atomic E-state index is 9.06. The molecule has 0 aromatic heterocycles. The van der Waals surface area contributed by atoms with E-state index in [0.29, 0.717) is 6.61 Å². The van der Waals surface area contributed by atoms with Gasteiger partial charge in [0, 0.05) is 23.4 Å². The Morgan fingerprint density at radius 3 is 2.39 bits per heavy atom. The molecule has 2 fully saturated rings. The molecule has 23 heavy (non-hydrogen) atoms. The average molecular weight is 341 g/mol. The minimum absolute atomic E-state index is 0.329. The number of likely N-dealkylation sites (tertiary alicyclic amines) is 1. The zero-order chi connectivity index (χ0) is 16.1. The van der Waals surface area contributed by atoms with Gasteiger partial charge in [0.05, 0.1) is 25.7 Å². The summed E-state index contributed by atoms with van der Waals surface area (Å²) in [7, 11) is 0. The molecule has 5 heteroatoms. The van der Waals surface area contributed by atoms with Crippen LogP contribution in [0.2, 0.25) is 5.02 Å². The van der Waals surface area contributed by atoms with Gasteiger partial charge in [0.15, 0.2) is 0 Å². The van der Waals surface area contributed by atoms with Crippen LogP contribution < -0.4 is 14.7 Å². The van der Waals surface area contributed by atoms with Gasteiger partial charge >= 0.3 is 0 Å². The van der Waals surface area contributed by atoms with Crippen LogP contribution in [0.15, 0.2) is 24.3 Å². The van der Waals surface area contributed by atoms with Crippen molar-refractivity contribution in [1.29, 1.82) is 0 Å². The van der Waals surface area contributed by atoms with Gasteiger partial charge in [0.1, 0.15) is 39.3 Å². The summed E-state index contributed by atoms with van der Waals surface area (Å²) in [6.45, 7) is 9.95. The average Bonchev–Trinajstić information content (AvgIpc) is 2.57. The van der Waals surface area contributed by atoms with Crippen LogP contribution in [0.3, 0.4) is 0 Å².